The van der Waals surface area contributed by atoms with Gasteiger partial charge in [0.1, 0.15) is 0 Å². The van der Waals surface area contributed by atoms with Crippen molar-refractivity contribution in [1.29, 1.82) is 0 Å². The van der Waals surface area contributed by atoms with E-state index < -0.39 is 0 Å². The summed E-state index contributed by atoms with van der Waals surface area (Å²) in [5.74, 6) is 0. The van der Waals surface area contributed by atoms with Crippen LogP contribution < -0.4 is 10.2 Å². The molecule has 0 aliphatic carbocycles. The van der Waals surface area contributed by atoms with Crippen molar-refractivity contribution in [3.05, 3.63) is 28.8 Å². The molecular formula is C16H25ClN2O2. The molecule has 1 heterocycles. The minimum absolute atomic E-state index is 0.124. The van der Waals surface area contributed by atoms with Crippen molar-refractivity contribution < 1.29 is 9.47 Å². The van der Waals surface area contributed by atoms with E-state index in [1.165, 1.54) is 5.69 Å². The van der Waals surface area contributed by atoms with E-state index in [4.69, 9.17) is 21.1 Å². The number of hydrogen-bond donors (Lipinski definition) is 1. The molecule has 0 spiro atoms. The third-order valence-electron chi connectivity index (χ3n) is 3.65. The van der Waals surface area contributed by atoms with Gasteiger partial charge in [0, 0.05) is 49.6 Å². The summed E-state index contributed by atoms with van der Waals surface area (Å²) in [5, 5.41) is 4.18. The maximum absolute atomic E-state index is 6.40. The van der Waals surface area contributed by atoms with Gasteiger partial charge in [0.25, 0.3) is 0 Å². The van der Waals surface area contributed by atoms with E-state index in [2.05, 4.69) is 30.1 Å². The van der Waals surface area contributed by atoms with Crippen molar-refractivity contribution >= 4 is 17.3 Å². The molecule has 1 aliphatic rings. The molecule has 0 bridgehead atoms. The monoisotopic (exact) mass is 312 g/mol. The Kier molecular flexibility index (Phi) is 5.88. The van der Waals surface area contributed by atoms with Gasteiger partial charge in [-0.1, -0.05) is 17.7 Å². The quantitative estimate of drug-likeness (QED) is 0.819. The number of benzene rings is 1. The molecule has 1 aliphatic heterocycles. The van der Waals surface area contributed by atoms with Crippen LogP contribution in [0.3, 0.4) is 0 Å². The second-order valence-corrected chi connectivity index (χ2v) is 6.34. The summed E-state index contributed by atoms with van der Waals surface area (Å²) in [4.78, 5) is 2.36. The van der Waals surface area contributed by atoms with Gasteiger partial charge in [0.05, 0.1) is 18.8 Å². The number of halogens is 1. The van der Waals surface area contributed by atoms with E-state index in [9.17, 15) is 0 Å². The largest absolute Gasteiger partial charge is 0.383 e. The standard InChI is InChI=1S/C16H25ClN2O2/c1-16(2)12-19(8-10-21-16)15-6-4-5-14(17)13(15)11-18-7-9-20-3/h4-6,18H,7-12H2,1-3H3. The highest BCUT2D eigenvalue weighted by molar-refractivity contribution is 6.31. The van der Waals surface area contributed by atoms with Gasteiger partial charge < -0.3 is 19.7 Å². The van der Waals surface area contributed by atoms with E-state index >= 15 is 0 Å². The number of methoxy groups -OCH3 is 1. The van der Waals surface area contributed by atoms with Crippen LogP contribution in [0.2, 0.25) is 5.02 Å². The Hall–Kier alpha value is -0.810. The number of hydrogen-bond acceptors (Lipinski definition) is 4. The Morgan fingerprint density at radius 3 is 2.95 bits per heavy atom. The summed E-state index contributed by atoms with van der Waals surface area (Å²) in [6.07, 6.45) is 0. The van der Waals surface area contributed by atoms with Gasteiger partial charge in [-0.3, -0.25) is 0 Å². The molecule has 1 fully saturated rings. The SMILES string of the molecule is COCCNCc1c(Cl)cccc1N1CCOC(C)(C)C1. The minimum atomic E-state index is -0.124. The zero-order valence-electron chi connectivity index (χ0n) is 13.1. The first kappa shape index (κ1) is 16.6. The van der Waals surface area contributed by atoms with Crippen molar-refractivity contribution in [2.45, 2.75) is 26.0 Å². The van der Waals surface area contributed by atoms with Crippen LogP contribution in [0.4, 0.5) is 5.69 Å². The lowest BCUT2D eigenvalue weighted by atomic mass is 10.0. The maximum Gasteiger partial charge on any atom is 0.0801 e. The highest BCUT2D eigenvalue weighted by atomic mass is 35.5. The Balaban J connectivity index is 2.12. The maximum atomic E-state index is 6.40. The fourth-order valence-corrected chi connectivity index (χ4v) is 2.86. The Morgan fingerprint density at radius 2 is 2.24 bits per heavy atom. The van der Waals surface area contributed by atoms with Crippen LogP contribution in [-0.2, 0) is 16.0 Å². The number of nitrogens with zero attached hydrogens (tertiary/aromatic N) is 1. The van der Waals surface area contributed by atoms with Crippen molar-refractivity contribution in [3.8, 4) is 0 Å². The predicted octanol–water partition coefficient (Wildman–Crippen LogP) is 2.69. The second-order valence-electron chi connectivity index (χ2n) is 5.94. The van der Waals surface area contributed by atoms with Gasteiger partial charge in [-0.05, 0) is 26.0 Å². The number of morpholine rings is 1. The van der Waals surface area contributed by atoms with E-state index in [0.29, 0.717) is 6.61 Å². The first-order chi connectivity index (χ1) is 10.0. The van der Waals surface area contributed by atoms with Crippen molar-refractivity contribution in [3.63, 3.8) is 0 Å². The van der Waals surface area contributed by atoms with E-state index in [1.807, 2.05) is 12.1 Å². The van der Waals surface area contributed by atoms with E-state index in [1.54, 1.807) is 7.11 Å². The molecule has 1 aromatic carbocycles. The summed E-state index contributed by atoms with van der Waals surface area (Å²) < 4.78 is 10.9. The zero-order chi connectivity index (χ0) is 15.3. The summed E-state index contributed by atoms with van der Waals surface area (Å²) in [7, 11) is 1.71. The first-order valence-electron chi connectivity index (χ1n) is 7.39. The Morgan fingerprint density at radius 1 is 1.43 bits per heavy atom. The highest BCUT2D eigenvalue weighted by Gasteiger charge is 2.28. The topological polar surface area (TPSA) is 33.7 Å². The molecule has 0 radical (unpaired) electrons. The molecule has 0 saturated carbocycles. The van der Waals surface area contributed by atoms with Gasteiger partial charge >= 0.3 is 0 Å². The summed E-state index contributed by atoms with van der Waals surface area (Å²) in [6, 6.07) is 6.10. The number of rotatable bonds is 6. The normalized spacial score (nSPS) is 18.0. The van der Waals surface area contributed by atoms with Crippen LogP contribution in [0.1, 0.15) is 19.4 Å². The average Bonchev–Trinajstić information content (AvgIpc) is 2.43. The third-order valence-corrected chi connectivity index (χ3v) is 4.00. The van der Waals surface area contributed by atoms with Gasteiger partial charge in [-0.25, -0.2) is 0 Å². The molecule has 1 aromatic rings. The zero-order valence-corrected chi connectivity index (χ0v) is 13.9. The number of anilines is 1. The molecule has 0 aromatic heterocycles. The molecule has 5 heteroatoms. The molecule has 0 atom stereocenters. The van der Waals surface area contributed by atoms with Crippen molar-refractivity contribution in [2.75, 3.05) is 44.9 Å². The van der Waals surface area contributed by atoms with Crippen LogP contribution in [0.5, 0.6) is 0 Å². The average molecular weight is 313 g/mol. The summed E-state index contributed by atoms with van der Waals surface area (Å²) in [6.45, 7) is 9.03. The van der Waals surface area contributed by atoms with Crippen LogP contribution >= 0.6 is 11.6 Å². The van der Waals surface area contributed by atoms with Crippen molar-refractivity contribution in [1.82, 2.24) is 5.32 Å². The lowest BCUT2D eigenvalue weighted by Gasteiger charge is -2.40. The molecule has 0 amide bonds. The third kappa shape index (κ3) is 4.58. The molecule has 1 saturated heterocycles. The van der Waals surface area contributed by atoms with Crippen LogP contribution in [0.15, 0.2) is 18.2 Å². The molecule has 118 valence electrons. The van der Waals surface area contributed by atoms with Crippen molar-refractivity contribution in [2.24, 2.45) is 0 Å². The fraction of sp³-hybridized carbons (Fsp3) is 0.625. The molecule has 0 unspecified atom stereocenters. The number of ether oxygens (including phenoxy) is 2. The van der Waals surface area contributed by atoms with Gasteiger partial charge in [0.2, 0.25) is 0 Å². The molecule has 4 nitrogen and oxygen atoms in total. The van der Waals surface area contributed by atoms with Crippen LogP contribution in [0.25, 0.3) is 0 Å². The van der Waals surface area contributed by atoms with Crippen LogP contribution in [0, 0.1) is 0 Å². The van der Waals surface area contributed by atoms with Crippen LogP contribution in [-0.4, -0.2) is 45.6 Å². The van der Waals surface area contributed by atoms with Gasteiger partial charge in [-0.15, -0.1) is 0 Å². The van der Waals surface area contributed by atoms with Gasteiger partial charge in [-0.2, -0.15) is 0 Å². The summed E-state index contributed by atoms with van der Waals surface area (Å²) >= 11 is 6.40. The molecular weight excluding hydrogens is 288 g/mol. The second kappa shape index (κ2) is 7.45. The Labute approximate surface area is 132 Å². The fourth-order valence-electron chi connectivity index (χ4n) is 2.63. The van der Waals surface area contributed by atoms with E-state index in [-0.39, 0.29) is 5.60 Å². The molecule has 1 N–H and O–H groups in total. The summed E-state index contributed by atoms with van der Waals surface area (Å²) in [5.41, 5.74) is 2.22. The van der Waals surface area contributed by atoms with E-state index in [0.717, 1.165) is 43.4 Å². The number of nitrogens with one attached hydrogen (secondary N) is 1. The Bertz CT molecular complexity index is 466. The minimum Gasteiger partial charge on any atom is -0.383 e. The lowest BCUT2D eigenvalue weighted by molar-refractivity contribution is -0.0277. The van der Waals surface area contributed by atoms with Gasteiger partial charge in [0.15, 0.2) is 0 Å². The molecule has 21 heavy (non-hydrogen) atoms. The highest BCUT2D eigenvalue weighted by Crippen LogP contribution is 2.30. The smallest absolute Gasteiger partial charge is 0.0801 e. The first-order valence-corrected chi connectivity index (χ1v) is 7.77. The lowest BCUT2D eigenvalue weighted by Crippen LogP contribution is -2.48. The molecule has 2 rings (SSSR count). The predicted molar refractivity (Wildman–Crippen MR) is 87.3 cm³/mol.